The largest absolute Gasteiger partial charge is 0.468 e. The normalized spacial score (nSPS) is 11.8. The van der Waals surface area contributed by atoms with Crippen molar-refractivity contribution in [3.8, 4) is 0 Å². The van der Waals surface area contributed by atoms with E-state index in [-0.39, 0.29) is 13.5 Å². The second kappa shape index (κ2) is 8.36. The highest BCUT2D eigenvalue weighted by atomic mass is 35.5. The van der Waals surface area contributed by atoms with Gasteiger partial charge in [-0.05, 0) is 35.2 Å². The molecule has 0 unspecified atom stereocenters. The van der Waals surface area contributed by atoms with Crippen molar-refractivity contribution in [1.29, 1.82) is 0 Å². The van der Waals surface area contributed by atoms with E-state index in [9.17, 15) is 4.79 Å². The van der Waals surface area contributed by atoms with Gasteiger partial charge in [0.15, 0.2) is 0 Å². The van der Waals surface area contributed by atoms with Gasteiger partial charge >= 0.3 is 12.9 Å². The molecule has 0 spiro atoms. The third kappa shape index (κ3) is 4.98. The molecule has 0 aromatic heterocycles. The second-order valence-electron chi connectivity index (χ2n) is 4.95. The molecule has 4 nitrogen and oxygen atoms in total. The molecule has 2 rings (SSSR count). The standard InChI is InChI=1S/C16H16BCl2NO3/c1-22-16(21)15(20)10-23-17(11-2-6-13(18)7-3-11)12-4-8-14(19)9-5-12/h2-9,15H,10,20H2,1H3/t15-/m0/s1. The third-order valence-corrected chi connectivity index (χ3v) is 3.80. The first-order valence-corrected chi connectivity index (χ1v) is 7.73. The molecule has 0 radical (unpaired) electrons. The van der Waals surface area contributed by atoms with E-state index in [1.807, 2.05) is 24.3 Å². The average molecular weight is 352 g/mol. The van der Waals surface area contributed by atoms with Gasteiger partial charge in [0, 0.05) is 10.0 Å². The average Bonchev–Trinajstić information content (AvgIpc) is 2.57. The van der Waals surface area contributed by atoms with Gasteiger partial charge in [-0.25, -0.2) is 0 Å². The van der Waals surface area contributed by atoms with Crippen LogP contribution >= 0.6 is 23.2 Å². The Morgan fingerprint density at radius 2 is 1.48 bits per heavy atom. The molecule has 0 amide bonds. The molecule has 0 aliphatic carbocycles. The van der Waals surface area contributed by atoms with Crippen LogP contribution in [0.5, 0.6) is 0 Å². The van der Waals surface area contributed by atoms with Crippen molar-refractivity contribution in [2.75, 3.05) is 13.7 Å². The van der Waals surface area contributed by atoms with Gasteiger partial charge in [0.25, 0.3) is 0 Å². The summed E-state index contributed by atoms with van der Waals surface area (Å²) in [5.41, 5.74) is 7.53. The van der Waals surface area contributed by atoms with Crippen molar-refractivity contribution in [1.82, 2.24) is 0 Å². The van der Waals surface area contributed by atoms with Crippen LogP contribution in [0.3, 0.4) is 0 Å². The van der Waals surface area contributed by atoms with Gasteiger partial charge in [-0.15, -0.1) is 0 Å². The highest BCUT2D eigenvalue weighted by Crippen LogP contribution is 2.07. The topological polar surface area (TPSA) is 61.5 Å². The van der Waals surface area contributed by atoms with Crippen LogP contribution in [0, 0.1) is 0 Å². The van der Waals surface area contributed by atoms with E-state index in [1.54, 1.807) is 24.3 Å². The fourth-order valence-electron chi connectivity index (χ4n) is 2.08. The van der Waals surface area contributed by atoms with Crippen molar-refractivity contribution < 1.29 is 14.2 Å². The molecule has 0 saturated carbocycles. The maximum Gasteiger partial charge on any atom is 0.361 e. The lowest BCUT2D eigenvalue weighted by atomic mass is 9.55. The van der Waals surface area contributed by atoms with Crippen molar-refractivity contribution in [2.24, 2.45) is 5.73 Å². The SMILES string of the molecule is COC(=O)[C@@H](N)COB(c1ccc(Cl)cc1)c1ccc(Cl)cc1. The Morgan fingerprint density at radius 1 is 1.04 bits per heavy atom. The number of nitrogens with two attached hydrogens (primary N) is 1. The number of halogens is 2. The van der Waals surface area contributed by atoms with E-state index < -0.39 is 12.0 Å². The summed E-state index contributed by atoms with van der Waals surface area (Å²) in [4.78, 5) is 11.4. The van der Waals surface area contributed by atoms with Crippen molar-refractivity contribution in [2.45, 2.75) is 6.04 Å². The predicted molar refractivity (Wildman–Crippen MR) is 93.9 cm³/mol. The molecule has 0 aliphatic rings. The number of hydrogen-bond donors (Lipinski definition) is 1. The lowest BCUT2D eigenvalue weighted by Gasteiger charge is -2.18. The fraction of sp³-hybridized carbons (Fsp3) is 0.188. The molecule has 0 bridgehead atoms. The number of ether oxygens (including phenoxy) is 1. The number of hydrogen-bond acceptors (Lipinski definition) is 4. The minimum absolute atomic E-state index is 0.0304. The van der Waals surface area contributed by atoms with E-state index >= 15 is 0 Å². The summed E-state index contributed by atoms with van der Waals surface area (Å²) in [6, 6.07) is 13.7. The minimum atomic E-state index is -0.845. The molecule has 1 atom stereocenters. The first-order valence-electron chi connectivity index (χ1n) is 6.97. The molecule has 0 fully saturated rings. The molecule has 2 aromatic rings. The predicted octanol–water partition coefficient (Wildman–Crippen LogP) is 1.62. The number of rotatable bonds is 6. The molecule has 120 valence electrons. The Bertz CT molecular complexity index is 604. The molecule has 2 aromatic carbocycles. The summed E-state index contributed by atoms with van der Waals surface area (Å²) in [6.07, 6.45) is 0. The van der Waals surface area contributed by atoms with Crippen LogP contribution in [-0.4, -0.2) is 32.6 Å². The Labute approximate surface area is 145 Å². The smallest absolute Gasteiger partial charge is 0.361 e. The van der Waals surface area contributed by atoms with Crippen molar-refractivity contribution in [3.63, 3.8) is 0 Å². The van der Waals surface area contributed by atoms with Crippen LogP contribution in [0.1, 0.15) is 0 Å². The number of methoxy groups -OCH3 is 1. The van der Waals surface area contributed by atoms with Crippen LogP contribution in [0.15, 0.2) is 48.5 Å². The minimum Gasteiger partial charge on any atom is -0.468 e. The van der Waals surface area contributed by atoms with Crippen molar-refractivity contribution >= 4 is 47.0 Å². The number of esters is 1. The molecule has 7 heteroatoms. The Kier molecular flexibility index (Phi) is 6.48. The Morgan fingerprint density at radius 3 is 1.87 bits per heavy atom. The summed E-state index contributed by atoms with van der Waals surface area (Å²) in [5.74, 6) is -0.518. The van der Waals surface area contributed by atoms with Gasteiger partial charge in [0.1, 0.15) is 6.04 Å². The lowest BCUT2D eigenvalue weighted by molar-refractivity contribution is -0.142. The zero-order valence-corrected chi connectivity index (χ0v) is 14.1. The van der Waals surface area contributed by atoms with Crippen LogP contribution in [0.25, 0.3) is 0 Å². The van der Waals surface area contributed by atoms with Gasteiger partial charge in [-0.3, -0.25) is 4.79 Å². The Hall–Kier alpha value is -1.53. The molecule has 0 aliphatic heterocycles. The maximum absolute atomic E-state index is 11.4. The highest BCUT2D eigenvalue weighted by Gasteiger charge is 2.24. The van der Waals surface area contributed by atoms with Gasteiger partial charge in [0.05, 0.1) is 13.7 Å². The summed E-state index contributed by atoms with van der Waals surface area (Å²) >= 11 is 11.9. The summed E-state index contributed by atoms with van der Waals surface area (Å²) in [6.45, 7) is -0.358. The van der Waals surface area contributed by atoms with E-state index in [1.165, 1.54) is 7.11 Å². The van der Waals surface area contributed by atoms with Gasteiger partial charge in [-0.2, -0.15) is 0 Å². The summed E-state index contributed by atoms with van der Waals surface area (Å²) < 4.78 is 10.5. The second-order valence-corrected chi connectivity index (χ2v) is 5.82. The van der Waals surface area contributed by atoms with Crippen LogP contribution in [0.2, 0.25) is 10.0 Å². The van der Waals surface area contributed by atoms with Crippen LogP contribution in [0.4, 0.5) is 0 Å². The lowest BCUT2D eigenvalue weighted by Crippen LogP contribution is -2.48. The quantitative estimate of drug-likeness (QED) is 0.634. The van der Waals surface area contributed by atoms with E-state index in [0.29, 0.717) is 10.0 Å². The number of carbonyl (C=O) groups excluding carboxylic acids is 1. The number of carbonyl (C=O) groups is 1. The first-order chi connectivity index (χ1) is 11.0. The fourth-order valence-corrected chi connectivity index (χ4v) is 2.33. The molecular weight excluding hydrogens is 336 g/mol. The van der Waals surface area contributed by atoms with Crippen LogP contribution < -0.4 is 16.7 Å². The third-order valence-electron chi connectivity index (χ3n) is 3.29. The van der Waals surface area contributed by atoms with Gasteiger partial charge < -0.3 is 15.1 Å². The van der Waals surface area contributed by atoms with Crippen molar-refractivity contribution in [3.05, 3.63) is 58.6 Å². The molecule has 23 heavy (non-hydrogen) atoms. The van der Waals surface area contributed by atoms with Gasteiger partial charge in [0.2, 0.25) is 0 Å². The van der Waals surface area contributed by atoms with Crippen LogP contribution in [-0.2, 0) is 14.2 Å². The molecule has 0 saturated heterocycles. The highest BCUT2D eigenvalue weighted by molar-refractivity contribution is 6.80. The maximum atomic E-state index is 11.4. The summed E-state index contributed by atoms with van der Waals surface area (Å²) in [7, 11) is 1.29. The zero-order valence-electron chi connectivity index (χ0n) is 12.5. The number of benzene rings is 2. The monoisotopic (exact) mass is 351 g/mol. The molecular formula is C16H16BCl2NO3. The van der Waals surface area contributed by atoms with E-state index in [2.05, 4.69) is 4.74 Å². The van der Waals surface area contributed by atoms with E-state index in [0.717, 1.165) is 10.9 Å². The van der Waals surface area contributed by atoms with E-state index in [4.69, 9.17) is 33.6 Å². The molecule has 2 N–H and O–H groups in total. The first kappa shape index (κ1) is 17.8. The zero-order chi connectivity index (χ0) is 16.8. The summed E-state index contributed by atoms with van der Waals surface area (Å²) in [5, 5.41) is 1.27. The van der Waals surface area contributed by atoms with Gasteiger partial charge in [-0.1, -0.05) is 47.5 Å². The Balaban J connectivity index is 2.22. The molecule has 0 heterocycles.